The zero-order valence-electron chi connectivity index (χ0n) is 14.6. The Labute approximate surface area is 133 Å². The van der Waals surface area contributed by atoms with E-state index in [0.717, 1.165) is 12.8 Å². The number of carbonyl (C=O) groups excluding carboxylic acids is 1. The molecule has 0 unspecified atom stereocenters. The zero-order chi connectivity index (χ0) is 15.6. The number of amides is 1. The van der Waals surface area contributed by atoms with Gasteiger partial charge in [-0.3, -0.25) is 4.79 Å². The highest BCUT2D eigenvalue weighted by Crippen LogP contribution is 2.12. The number of carbonyl (C=O) groups is 1. The standard InChI is InChI=1S/C19H38NO/c1-3-5-6-7-8-9-10-11-12-13-14-15-16-17-19(21)20-18-4-2/h18H,3-17H2,1-2H3,(H,20,21). The predicted molar refractivity (Wildman–Crippen MR) is 93.0 cm³/mol. The Bertz CT molecular complexity index is 216. The van der Waals surface area contributed by atoms with Crippen LogP contribution < -0.4 is 5.32 Å². The average Bonchev–Trinajstić information content (AvgIpc) is 2.49. The lowest BCUT2D eigenvalue weighted by Crippen LogP contribution is -2.19. The van der Waals surface area contributed by atoms with E-state index < -0.39 is 0 Å². The second-order valence-electron chi connectivity index (χ2n) is 6.17. The van der Waals surface area contributed by atoms with Crippen molar-refractivity contribution in [2.45, 2.75) is 110 Å². The fourth-order valence-corrected chi connectivity index (χ4v) is 2.59. The molecule has 1 radical (unpaired) electrons. The van der Waals surface area contributed by atoms with Crippen LogP contribution in [-0.4, -0.2) is 5.91 Å². The maximum atomic E-state index is 11.4. The van der Waals surface area contributed by atoms with E-state index in [1.165, 1.54) is 77.0 Å². The molecule has 0 aromatic carbocycles. The molecule has 0 bridgehead atoms. The van der Waals surface area contributed by atoms with Gasteiger partial charge in [0, 0.05) is 13.0 Å². The van der Waals surface area contributed by atoms with Gasteiger partial charge < -0.3 is 5.32 Å². The first-order chi connectivity index (χ1) is 10.3. The van der Waals surface area contributed by atoms with E-state index in [1.54, 1.807) is 0 Å². The van der Waals surface area contributed by atoms with Crippen LogP contribution in [0.2, 0.25) is 0 Å². The van der Waals surface area contributed by atoms with Crippen molar-refractivity contribution < 1.29 is 4.79 Å². The molecule has 21 heavy (non-hydrogen) atoms. The van der Waals surface area contributed by atoms with E-state index in [0.29, 0.717) is 6.42 Å². The molecule has 0 aliphatic heterocycles. The molecular formula is C19H38NO. The van der Waals surface area contributed by atoms with Crippen LogP contribution in [0, 0.1) is 6.54 Å². The van der Waals surface area contributed by atoms with E-state index in [-0.39, 0.29) is 5.91 Å². The van der Waals surface area contributed by atoms with Crippen LogP contribution in [0.15, 0.2) is 0 Å². The third kappa shape index (κ3) is 17.4. The Hall–Kier alpha value is -0.530. The maximum Gasteiger partial charge on any atom is 0.220 e. The van der Waals surface area contributed by atoms with Gasteiger partial charge in [0.1, 0.15) is 0 Å². The molecule has 0 spiro atoms. The van der Waals surface area contributed by atoms with Crippen LogP contribution in [-0.2, 0) is 4.79 Å². The van der Waals surface area contributed by atoms with Gasteiger partial charge in [0.25, 0.3) is 0 Å². The number of hydrogen-bond acceptors (Lipinski definition) is 1. The molecule has 0 aliphatic rings. The molecule has 0 rings (SSSR count). The number of unbranched alkanes of at least 4 members (excludes halogenated alkanes) is 12. The van der Waals surface area contributed by atoms with Gasteiger partial charge in [-0.2, -0.15) is 0 Å². The lowest BCUT2D eigenvalue weighted by atomic mass is 10.0. The topological polar surface area (TPSA) is 29.1 Å². The van der Waals surface area contributed by atoms with Gasteiger partial charge in [-0.25, -0.2) is 0 Å². The summed E-state index contributed by atoms with van der Waals surface area (Å²) in [7, 11) is 0. The van der Waals surface area contributed by atoms with Crippen LogP contribution in [0.1, 0.15) is 110 Å². The van der Waals surface area contributed by atoms with Crippen LogP contribution in [0.5, 0.6) is 0 Å². The van der Waals surface area contributed by atoms with Gasteiger partial charge in [0.05, 0.1) is 0 Å². The normalized spacial score (nSPS) is 10.8. The number of rotatable bonds is 16. The van der Waals surface area contributed by atoms with Crippen molar-refractivity contribution in [2.75, 3.05) is 0 Å². The molecule has 0 heterocycles. The van der Waals surface area contributed by atoms with Crippen molar-refractivity contribution in [2.24, 2.45) is 0 Å². The first-order valence-electron chi connectivity index (χ1n) is 9.42. The predicted octanol–water partition coefficient (Wildman–Crippen LogP) is 6.16. The van der Waals surface area contributed by atoms with Gasteiger partial charge in [-0.05, 0) is 12.8 Å². The summed E-state index contributed by atoms with van der Waals surface area (Å²) >= 11 is 0. The molecule has 0 saturated carbocycles. The zero-order valence-corrected chi connectivity index (χ0v) is 14.6. The minimum absolute atomic E-state index is 0.180. The fraction of sp³-hybridized carbons (Fsp3) is 0.895. The summed E-state index contributed by atoms with van der Waals surface area (Å²) in [6, 6.07) is 0. The molecule has 2 nitrogen and oxygen atoms in total. The summed E-state index contributed by atoms with van der Waals surface area (Å²) in [6.07, 6.45) is 19.2. The lowest BCUT2D eigenvalue weighted by Gasteiger charge is -2.04. The third-order valence-corrected chi connectivity index (χ3v) is 3.97. The smallest absolute Gasteiger partial charge is 0.220 e. The van der Waals surface area contributed by atoms with Crippen LogP contribution in [0.25, 0.3) is 0 Å². The molecule has 0 aliphatic carbocycles. The fourth-order valence-electron chi connectivity index (χ4n) is 2.59. The Balaban J connectivity index is 3.04. The average molecular weight is 297 g/mol. The van der Waals surface area contributed by atoms with Crippen molar-refractivity contribution in [1.82, 2.24) is 5.32 Å². The van der Waals surface area contributed by atoms with Crippen LogP contribution >= 0.6 is 0 Å². The van der Waals surface area contributed by atoms with Crippen molar-refractivity contribution in [1.29, 1.82) is 0 Å². The van der Waals surface area contributed by atoms with Crippen molar-refractivity contribution >= 4 is 5.91 Å². The summed E-state index contributed by atoms with van der Waals surface area (Å²) in [5, 5.41) is 2.81. The minimum atomic E-state index is 0.180. The highest BCUT2D eigenvalue weighted by molar-refractivity contribution is 5.76. The second kappa shape index (κ2) is 17.5. The monoisotopic (exact) mass is 296 g/mol. The second-order valence-corrected chi connectivity index (χ2v) is 6.17. The van der Waals surface area contributed by atoms with Crippen LogP contribution in [0.3, 0.4) is 0 Å². The van der Waals surface area contributed by atoms with Gasteiger partial charge in [0.15, 0.2) is 0 Å². The van der Waals surface area contributed by atoms with Crippen molar-refractivity contribution in [3.05, 3.63) is 6.54 Å². The molecule has 125 valence electrons. The summed E-state index contributed by atoms with van der Waals surface area (Å²) in [5.41, 5.74) is 0. The van der Waals surface area contributed by atoms with Crippen molar-refractivity contribution in [3.8, 4) is 0 Å². The summed E-state index contributed by atoms with van der Waals surface area (Å²) in [5.74, 6) is 0.180. The van der Waals surface area contributed by atoms with E-state index in [4.69, 9.17) is 0 Å². The first kappa shape index (κ1) is 20.5. The Morgan fingerprint density at radius 1 is 0.714 bits per heavy atom. The molecule has 0 atom stereocenters. The third-order valence-electron chi connectivity index (χ3n) is 3.97. The van der Waals surface area contributed by atoms with Crippen LogP contribution in [0.4, 0.5) is 0 Å². The Morgan fingerprint density at radius 3 is 1.57 bits per heavy atom. The molecule has 0 saturated heterocycles. The van der Waals surface area contributed by atoms with Gasteiger partial charge in [-0.15, -0.1) is 0 Å². The number of nitrogens with one attached hydrogen (secondary N) is 1. The quantitative estimate of drug-likeness (QED) is 0.340. The van der Waals surface area contributed by atoms with Gasteiger partial charge in [-0.1, -0.05) is 90.9 Å². The van der Waals surface area contributed by atoms with Gasteiger partial charge in [0.2, 0.25) is 5.91 Å². The highest BCUT2D eigenvalue weighted by atomic mass is 16.1. The van der Waals surface area contributed by atoms with Crippen molar-refractivity contribution in [3.63, 3.8) is 0 Å². The number of hydrogen-bond donors (Lipinski definition) is 1. The minimum Gasteiger partial charge on any atom is -0.351 e. The first-order valence-corrected chi connectivity index (χ1v) is 9.42. The lowest BCUT2D eigenvalue weighted by molar-refractivity contribution is -0.120. The summed E-state index contributed by atoms with van der Waals surface area (Å²) in [4.78, 5) is 11.4. The molecule has 1 amide bonds. The molecule has 0 aromatic rings. The molecule has 1 N–H and O–H groups in total. The molecule has 0 fully saturated rings. The molecule has 2 heteroatoms. The van der Waals surface area contributed by atoms with E-state index >= 15 is 0 Å². The van der Waals surface area contributed by atoms with E-state index in [1.807, 2.05) is 13.5 Å². The Kier molecular flexibility index (Phi) is 17.1. The Morgan fingerprint density at radius 2 is 1.14 bits per heavy atom. The molecule has 0 aromatic heterocycles. The molecular weight excluding hydrogens is 258 g/mol. The largest absolute Gasteiger partial charge is 0.351 e. The maximum absolute atomic E-state index is 11.4. The summed E-state index contributed by atoms with van der Waals surface area (Å²) < 4.78 is 0. The SMILES string of the molecule is CC[CH]NC(=O)CCCCCCCCCCCCCCC. The van der Waals surface area contributed by atoms with Gasteiger partial charge >= 0.3 is 0 Å². The van der Waals surface area contributed by atoms with E-state index in [2.05, 4.69) is 12.2 Å². The summed E-state index contributed by atoms with van der Waals surface area (Å²) in [6.45, 7) is 6.14. The van der Waals surface area contributed by atoms with E-state index in [9.17, 15) is 4.79 Å². The highest BCUT2D eigenvalue weighted by Gasteiger charge is 1.99.